The Morgan fingerprint density at radius 3 is 2.53 bits per heavy atom. The van der Waals surface area contributed by atoms with E-state index in [9.17, 15) is 19.5 Å². The number of amides is 2. The van der Waals surface area contributed by atoms with Gasteiger partial charge in [0.2, 0.25) is 0 Å². The number of carbonyl (C=O) groups is 3. The van der Waals surface area contributed by atoms with Crippen LogP contribution in [0.3, 0.4) is 0 Å². The Morgan fingerprint density at radius 2 is 1.86 bits per heavy atom. The Kier molecular flexibility index (Phi) is 6.81. The Balaban J connectivity index is 1.99. The molecule has 2 heterocycles. The summed E-state index contributed by atoms with van der Waals surface area (Å²) >= 11 is 0. The second-order valence-electron chi connectivity index (χ2n) is 8.51. The van der Waals surface area contributed by atoms with Gasteiger partial charge in [-0.05, 0) is 36.8 Å². The Bertz CT molecular complexity index is 1300. The number of nitrogens with zero attached hydrogens (tertiary/aromatic N) is 2. The number of hydrogen-bond donors (Lipinski definition) is 1. The number of ether oxygens (including phenoxy) is 2. The van der Waals surface area contributed by atoms with Crippen LogP contribution in [0.15, 0.2) is 73.3 Å². The standard InChI is InChI=1S/C28H28N2O6/c1-5-13-29-21-10-8-7-9-20(21)28(27(29)34)23(25(32)26(33)30(28)14-16-35-4)24(31)19-11-12-22(18(3)17-19)36-15-6-2/h5-12,17,31H,1-2,13-16H2,3-4H3/t28-/m0/s1. The first-order chi connectivity index (χ1) is 17.3. The molecule has 4 rings (SSSR count). The summed E-state index contributed by atoms with van der Waals surface area (Å²) < 4.78 is 10.8. The van der Waals surface area contributed by atoms with Crippen molar-refractivity contribution in [3.8, 4) is 5.75 Å². The fraction of sp³-hybridized carbons (Fsp3) is 0.250. The van der Waals surface area contributed by atoms with Gasteiger partial charge in [-0.2, -0.15) is 0 Å². The van der Waals surface area contributed by atoms with Crippen LogP contribution in [-0.2, 0) is 24.7 Å². The van der Waals surface area contributed by atoms with Crippen molar-refractivity contribution in [2.45, 2.75) is 12.5 Å². The van der Waals surface area contributed by atoms with Gasteiger partial charge in [-0.3, -0.25) is 14.4 Å². The number of para-hydroxylation sites is 1. The Morgan fingerprint density at radius 1 is 1.11 bits per heavy atom. The van der Waals surface area contributed by atoms with Crippen LogP contribution < -0.4 is 9.64 Å². The molecule has 1 atom stereocenters. The number of fused-ring (bicyclic) bond motifs is 2. The number of hydrogen-bond acceptors (Lipinski definition) is 6. The maximum absolute atomic E-state index is 14.1. The molecule has 2 aliphatic rings. The minimum Gasteiger partial charge on any atom is -0.507 e. The van der Waals surface area contributed by atoms with E-state index in [4.69, 9.17) is 9.47 Å². The molecule has 2 aliphatic heterocycles. The van der Waals surface area contributed by atoms with E-state index in [-0.39, 0.29) is 30.8 Å². The van der Waals surface area contributed by atoms with E-state index in [0.717, 1.165) is 0 Å². The average molecular weight is 489 g/mol. The predicted molar refractivity (Wildman–Crippen MR) is 136 cm³/mol. The predicted octanol–water partition coefficient (Wildman–Crippen LogP) is 3.31. The molecule has 0 radical (unpaired) electrons. The van der Waals surface area contributed by atoms with Crippen molar-refractivity contribution in [3.05, 3.63) is 90.0 Å². The first-order valence-corrected chi connectivity index (χ1v) is 11.5. The minimum atomic E-state index is -1.83. The summed E-state index contributed by atoms with van der Waals surface area (Å²) in [5.41, 5.74) is -0.127. The molecule has 186 valence electrons. The van der Waals surface area contributed by atoms with Gasteiger partial charge >= 0.3 is 0 Å². The summed E-state index contributed by atoms with van der Waals surface area (Å²) in [7, 11) is 1.47. The Labute approximate surface area is 209 Å². The summed E-state index contributed by atoms with van der Waals surface area (Å²) in [4.78, 5) is 43.6. The third-order valence-electron chi connectivity index (χ3n) is 6.44. The zero-order chi connectivity index (χ0) is 26.0. The van der Waals surface area contributed by atoms with Crippen LogP contribution >= 0.6 is 0 Å². The van der Waals surface area contributed by atoms with Crippen molar-refractivity contribution in [2.24, 2.45) is 0 Å². The van der Waals surface area contributed by atoms with Crippen LogP contribution in [0.1, 0.15) is 16.7 Å². The number of aryl methyl sites for hydroxylation is 1. The van der Waals surface area contributed by atoms with Gasteiger partial charge in [-0.15, -0.1) is 6.58 Å². The molecule has 1 N–H and O–H groups in total. The monoisotopic (exact) mass is 488 g/mol. The van der Waals surface area contributed by atoms with Gasteiger partial charge in [0.05, 0.1) is 17.9 Å². The molecule has 0 bridgehead atoms. The first kappa shape index (κ1) is 24.9. The number of anilines is 1. The normalized spacial score (nSPS) is 20.2. The molecule has 1 fully saturated rings. The molecule has 0 unspecified atom stereocenters. The summed E-state index contributed by atoms with van der Waals surface area (Å²) in [6, 6.07) is 11.9. The van der Waals surface area contributed by atoms with Gasteiger partial charge in [0.25, 0.3) is 17.6 Å². The van der Waals surface area contributed by atoms with Crippen molar-refractivity contribution in [1.82, 2.24) is 4.90 Å². The molecule has 8 nitrogen and oxygen atoms in total. The fourth-order valence-electron chi connectivity index (χ4n) is 4.91. The van der Waals surface area contributed by atoms with E-state index >= 15 is 0 Å². The summed E-state index contributed by atoms with van der Waals surface area (Å²) in [6.07, 6.45) is 3.19. The second-order valence-corrected chi connectivity index (χ2v) is 8.51. The maximum atomic E-state index is 14.1. The van der Waals surface area contributed by atoms with Gasteiger partial charge in [0, 0.05) is 31.3 Å². The Hall–Kier alpha value is -4.17. The van der Waals surface area contributed by atoms with Crippen LogP contribution in [0, 0.1) is 6.92 Å². The number of aliphatic hydroxyl groups excluding tert-OH is 1. The number of methoxy groups -OCH3 is 1. The van der Waals surface area contributed by atoms with E-state index in [0.29, 0.717) is 29.2 Å². The van der Waals surface area contributed by atoms with Crippen LogP contribution in [0.25, 0.3) is 5.76 Å². The third kappa shape index (κ3) is 3.61. The fourth-order valence-corrected chi connectivity index (χ4v) is 4.91. The zero-order valence-corrected chi connectivity index (χ0v) is 20.3. The molecule has 36 heavy (non-hydrogen) atoms. The highest BCUT2D eigenvalue weighted by Crippen LogP contribution is 2.53. The van der Waals surface area contributed by atoms with Crippen molar-refractivity contribution in [2.75, 3.05) is 38.3 Å². The minimum absolute atomic E-state index is 0.0206. The number of Topliss-reactive ketones (excluding diaryl/α,β-unsaturated/α-hetero) is 1. The largest absolute Gasteiger partial charge is 0.507 e. The molecule has 0 aromatic heterocycles. The first-order valence-electron chi connectivity index (χ1n) is 11.5. The average Bonchev–Trinajstić information content (AvgIpc) is 3.25. The molecule has 1 spiro atoms. The molecule has 8 heteroatoms. The number of rotatable bonds is 9. The highest BCUT2D eigenvalue weighted by atomic mass is 16.5. The smallest absolute Gasteiger partial charge is 0.296 e. The molecular weight excluding hydrogens is 460 g/mol. The molecule has 2 amide bonds. The van der Waals surface area contributed by atoms with E-state index in [1.165, 1.54) is 16.9 Å². The van der Waals surface area contributed by atoms with Gasteiger partial charge in [0.1, 0.15) is 18.1 Å². The molecule has 1 saturated heterocycles. The number of likely N-dealkylation sites (tertiary alicyclic amines) is 1. The highest BCUT2D eigenvalue weighted by molar-refractivity contribution is 6.50. The summed E-state index contributed by atoms with van der Waals surface area (Å²) in [5.74, 6) is -2.17. The van der Waals surface area contributed by atoms with E-state index in [2.05, 4.69) is 13.2 Å². The van der Waals surface area contributed by atoms with Crippen LogP contribution in [0.2, 0.25) is 0 Å². The second kappa shape index (κ2) is 9.83. The summed E-state index contributed by atoms with van der Waals surface area (Å²) in [5, 5.41) is 11.5. The number of carbonyl (C=O) groups excluding carboxylic acids is 3. The van der Waals surface area contributed by atoms with Crippen LogP contribution in [0.4, 0.5) is 5.69 Å². The van der Waals surface area contributed by atoms with Gasteiger partial charge in [-0.25, -0.2) is 0 Å². The topological polar surface area (TPSA) is 96.4 Å². The summed E-state index contributed by atoms with van der Waals surface area (Å²) in [6.45, 7) is 9.73. The van der Waals surface area contributed by atoms with Gasteiger partial charge in [-0.1, -0.05) is 36.9 Å². The SMILES string of the molecule is C=CCOc1ccc(C(O)=C2C(=O)C(=O)N(CCOC)[C@]23C(=O)N(CC=C)c2ccccc23)cc1C. The van der Waals surface area contributed by atoms with E-state index in [1.54, 1.807) is 61.5 Å². The van der Waals surface area contributed by atoms with Crippen LogP contribution in [0.5, 0.6) is 5.75 Å². The van der Waals surface area contributed by atoms with Crippen LogP contribution in [-0.4, -0.2) is 61.0 Å². The lowest BCUT2D eigenvalue weighted by Gasteiger charge is -2.34. The highest BCUT2D eigenvalue weighted by Gasteiger charge is 2.66. The molecule has 2 aromatic rings. The molecular formula is C28H28N2O6. The number of benzene rings is 2. The number of aliphatic hydroxyl groups is 1. The quantitative estimate of drug-likeness (QED) is 0.252. The van der Waals surface area contributed by atoms with E-state index in [1.807, 2.05) is 0 Å². The lowest BCUT2D eigenvalue weighted by Crippen LogP contribution is -2.52. The van der Waals surface area contributed by atoms with E-state index < -0.39 is 28.9 Å². The lowest BCUT2D eigenvalue weighted by atomic mass is 9.81. The van der Waals surface area contributed by atoms with Crippen molar-refractivity contribution >= 4 is 29.0 Å². The lowest BCUT2D eigenvalue weighted by molar-refractivity contribution is -0.144. The maximum Gasteiger partial charge on any atom is 0.296 e. The van der Waals surface area contributed by atoms with Crippen molar-refractivity contribution in [3.63, 3.8) is 0 Å². The number of ketones is 1. The molecule has 2 aromatic carbocycles. The third-order valence-corrected chi connectivity index (χ3v) is 6.44. The van der Waals surface area contributed by atoms with Gasteiger partial charge in [0.15, 0.2) is 5.54 Å². The molecule has 0 saturated carbocycles. The van der Waals surface area contributed by atoms with Crippen molar-refractivity contribution in [1.29, 1.82) is 0 Å². The molecule has 0 aliphatic carbocycles. The van der Waals surface area contributed by atoms with Crippen molar-refractivity contribution < 1.29 is 29.0 Å². The zero-order valence-electron chi connectivity index (χ0n) is 20.3. The van der Waals surface area contributed by atoms with Gasteiger partial charge < -0.3 is 24.4 Å².